The molecule has 1 amide bonds. The maximum atomic E-state index is 12.2. The third-order valence-corrected chi connectivity index (χ3v) is 6.78. The number of nitrogens with one attached hydrogen (secondary N) is 1. The summed E-state index contributed by atoms with van der Waals surface area (Å²) in [5, 5.41) is 3.01. The van der Waals surface area contributed by atoms with Crippen LogP contribution in [0.1, 0.15) is 67.2 Å². The molecule has 0 spiro atoms. The van der Waals surface area contributed by atoms with Crippen molar-refractivity contribution in [2.24, 2.45) is 0 Å². The summed E-state index contributed by atoms with van der Waals surface area (Å²) in [4.78, 5) is 17.1. The second kappa shape index (κ2) is 12.9. The number of para-hydroxylation sites is 2. The van der Waals surface area contributed by atoms with Crippen LogP contribution in [0.3, 0.4) is 0 Å². The van der Waals surface area contributed by atoms with E-state index in [0.717, 1.165) is 61.3 Å². The number of benzene rings is 3. The zero-order valence-corrected chi connectivity index (χ0v) is 21.5. The van der Waals surface area contributed by atoms with E-state index in [0.29, 0.717) is 24.6 Å². The molecule has 0 aliphatic rings. The number of rotatable bonds is 13. The molecule has 1 aromatic heterocycles. The van der Waals surface area contributed by atoms with Crippen molar-refractivity contribution >= 4 is 16.9 Å². The third-order valence-electron chi connectivity index (χ3n) is 6.78. The summed E-state index contributed by atoms with van der Waals surface area (Å²) >= 11 is 0. The predicted molar refractivity (Wildman–Crippen MR) is 147 cm³/mol. The number of imidazole rings is 1. The molecule has 0 saturated carbocycles. The molecule has 3 aromatic carbocycles. The van der Waals surface area contributed by atoms with Gasteiger partial charge in [0.25, 0.3) is 5.91 Å². The van der Waals surface area contributed by atoms with Crippen LogP contribution in [0, 0.1) is 0 Å². The Morgan fingerprint density at radius 1 is 0.944 bits per heavy atom. The van der Waals surface area contributed by atoms with Crippen molar-refractivity contribution in [1.29, 1.82) is 0 Å². The largest absolute Gasteiger partial charge is 0.492 e. The summed E-state index contributed by atoms with van der Waals surface area (Å²) in [7, 11) is 0. The van der Waals surface area contributed by atoms with Crippen molar-refractivity contribution in [3.05, 3.63) is 95.8 Å². The minimum Gasteiger partial charge on any atom is -0.492 e. The number of fused-ring (bicyclic) bond motifs is 1. The number of unbranched alkanes of at least 4 members (excludes halogenated alkanes) is 2. The van der Waals surface area contributed by atoms with Gasteiger partial charge in [-0.05, 0) is 67.1 Å². The average Bonchev–Trinajstić information content (AvgIpc) is 3.28. The molecular weight excluding hydrogens is 446 g/mol. The Hall–Kier alpha value is -3.60. The molecule has 0 radical (unpaired) electrons. The molecular formula is C31H37N3O2. The van der Waals surface area contributed by atoms with Crippen LogP contribution in [-0.2, 0) is 13.0 Å². The lowest BCUT2D eigenvalue weighted by Gasteiger charge is -2.13. The van der Waals surface area contributed by atoms with E-state index in [1.165, 1.54) is 5.56 Å². The van der Waals surface area contributed by atoms with Gasteiger partial charge in [-0.15, -0.1) is 0 Å². The Balaban J connectivity index is 1.27. The molecule has 1 atom stereocenters. The number of nitrogens with zero attached hydrogens (tertiary/aromatic N) is 2. The van der Waals surface area contributed by atoms with Crippen molar-refractivity contribution in [2.75, 3.05) is 13.2 Å². The van der Waals surface area contributed by atoms with Crippen molar-refractivity contribution in [1.82, 2.24) is 14.9 Å². The van der Waals surface area contributed by atoms with E-state index >= 15 is 0 Å². The quantitative estimate of drug-likeness (QED) is 0.213. The van der Waals surface area contributed by atoms with E-state index in [-0.39, 0.29) is 5.91 Å². The minimum absolute atomic E-state index is 0.00749. The lowest BCUT2D eigenvalue weighted by molar-refractivity contribution is 0.0953. The molecule has 5 heteroatoms. The van der Waals surface area contributed by atoms with Gasteiger partial charge in [0.05, 0.1) is 17.6 Å². The molecule has 188 valence electrons. The SMILES string of the molecule is CCC(C)c1ccc(OCCn2c(CCCCCNC(=O)c3ccccc3)nc3ccccc32)cc1. The van der Waals surface area contributed by atoms with Gasteiger partial charge in [0.15, 0.2) is 0 Å². The summed E-state index contributed by atoms with van der Waals surface area (Å²) in [6.07, 6.45) is 5.07. The molecule has 5 nitrogen and oxygen atoms in total. The number of hydrogen-bond acceptors (Lipinski definition) is 3. The van der Waals surface area contributed by atoms with E-state index in [1.807, 2.05) is 36.4 Å². The zero-order chi connectivity index (χ0) is 25.2. The topological polar surface area (TPSA) is 56.1 Å². The minimum atomic E-state index is -0.00749. The highest BCUT2D eigenvalue weighted by Crippen LogP contribution is 2.22. The number of aromatic nitrogens is 2. The Kier molecular flexibility index (Phi) is 9.15. The van der Waals surface area contributed by atoms with Gasteiger partial charge >= 0.3 is 0 Å². The summed E-state index contributed by atoms with van der Waals surface area (Å²) in [5.74, 6) is 2.57. The maximum absolute atomic E-state index is 12.2. The van der Waals surface area contributed by atoms with E-state index in [9.17, 15) is 4.79 Å². The van der Waals surface area contributed by atoms with Crippen LogP contribution in [0.15, 0.2) is 78.9 Å². The molecule has 1 N–H and O–H groups in total. The number of carbonyl (C=O) groups is 1. The summed E-state index contributed by atoms with van der Waals surface area (Å²) < 4.78 is 8.37. The van der Waals surface area contributed by atoms with Gasteiger partial charge in [0.2, 0.25) is 0 Å². The van der Waals surface area contributed by atoms with Crippen LogP contribution < -0.4 is 10.1 Å². The highest BCUT2D eigenvalue weighted by molar-refractivity contribution is 5.94. The zero-order valence-electron chi connectivity index (χ0n) is 21.5. The van der Waals surface area contributed by atoms with Gasteiger partial charge in [-0.1, -0.05) is 62.7 Å². The average molecular weight is 484 g/mol. The van der Waals surface area contributed by atoms with Crippen molar-refractivity contribution in [3.8, 4) is 5.75 Å². The Morgan fingerprint density at radius 3 is 2.47 bits per heavy atom. The molecule has 0 bridgehead atoms. The molecule has 0 aliphatic heterocycles. The number of hydrogen-bond donors (Lipinski definition) is 1. The van der Waals surface area contributed by atoms with E-state index < -0.39 is 0 Å². The molecule has 4 aromatic rings. The molecule has 0 saturated heterocycles. The third kappa shape index (κ3) is 6.75. The smallest absolute Gasteiger partial charge is 0.251 e. The molecule has 0 fully saturated rings. The first-order valence-electron chi connectivity index (χ1n) is 13.2. The lowest BCUT2D eigenvalue weighted by Crippen LogP contribution is -2.24. The van der Waals surface area contributed by atoms with Crippen molar-refractivity contribution in [2.45, 2.75) is 58.4 Å². The first kappa shape index (κ1) is 25.5. The highest BCUT2D eigenvalue weighted by Gasteiger charge is 2.11. The molecule has 1 heterocycles. The Bertz CT molecular complexity index is 1230. The van der Waals surface area contributed by atoms with Gasteiger partial charge in [0.1, 0.15) is 18.2 Å². The van der Waals surface area contributed by atoms with Crippen molar-refractivity contribution in [3.63, 3.8) is 0 Å². The first-order chi connectivity index (χ1) is 17.7. The Labute approximate surface area is 214 Å². The molecule has 36 heavy (non-hydrogen) atoms. The second-order valence-corrected chi connectivity index (χ2v) is 9.33. The van der Waals surface area contributed by atoms with E-state index in [2.05, 4.69) is 66.2 Å². The van der Waals surface area contributed by atoms with Gasteiger partial charge in [0, 0.05) is 18.5 Å². The second-order valence-electron chi connectivity index (χ2n) is 9.33. The van der Waals surface area contributed by atoms with Crippen LogP contribution in [0.5, 0.6) is 5.75 Å². The fourth-order valence-corrected chi connectivity index (χ4v) is 4.43. The van der Waals surface area contributed by atoms with Crippen LogP contribution in [0.2, 0.25) is 0 Å². The Morgan fingerprint density at radius 2 is 1.69 bits per heavy atom. The van der Waals surface area contributed by atoms with Crippen LogP contribution in [-0.4, -0.2) is 28.6 Å². The maximum Gasteiger partial charge on any atom is 0.251 e. The molecule has 4 rings (SSSR count). The summed E-state index contributed by atoms with van der Waals surface area (Å²) in [6, 6.07) is 26.2. The van der Waals surface area contributed by atoms with Crippen molar-refractivity contribution < 1.29 is 9.53 Å². The van der Waals surface area contributed by atoms with Crippen LogP contribution >= 0.6 is 0 Å². The summed E-state index contributed by atoms with van der Waals surface area (Å²) in [5.41, 5.74) is 4.24. The van der Waals surface area contributed by atoms with Gasteiger partial charge in [-0.2, -0.15) is 0 Å². The molecule has 1 unspecified atom stereocenters. The number of ether oxygens (including phenoxy) is 1. The normalized spacial score (nSPS) is 11.9. The van der Waals surface area contributed by atoms with Gasteiger partial charge < -0.3 is 14.6 Å². The van der Waals surface area contributed by atoms with Gasteiger partial charge in [-0.3, -0.25) is 4.79 Å². The lowest BCUT2D eigenvalue weighted by atomic mass is 9.99. The fourth-order valence-electron chi connectivity index (χ4n) is 4.43. The standard InChI is InChI=1S/C31H37N3O2/c1-3-24(2)25-17-19-27(20-18-25)36-23-22-34-29-15-10-9-14-28(29)33-30(34)16-8-5-11-21-32-31(35)26-12-6-4-7-13-26/h4,6-7,9-10,12-15,17-20,24H,3,5,8,11,16,21-23H2,1-2H3,(H,32,35). The summed E-state index contributed by atoms with van der Waals surface area (Å²) in [6.45, 7) is 6.51. The number of carbonyl (C=O) groups excluding carboxylic acids is 1. The van der Waals surface area contributed by atoms with Gasteiger partial charge in [-0.25, -0.2) is 4.98 Å². The predicted octanol–water partition coefficient (Wildman–Crippen LogP) is 6.77. The molecule has 0 aliphatic carbocycles. The highest BCUT2D eigenvalue weighted by atomic mass is 16.5. The number of aryl methyl sites for hydroxylation is 1. The number of amides is 1. The van der Waals surface area contributed by atoms with Crippen LogP contribution in [0.25, 0.3) is 11.0 Å². The first-order valence-corrected chi connectivity index (χ1v) is 13.2. The fraction of sp³-hybridized carbons (Fsp3) is 0.355. The van der Waals surface area contributed by atoms with E-state index in [1.54, 1.807) is 0 Å². The van der Waals surface area contributed by atoms with Crippen LogP contribution in [0.4, 0.5) is 0 Å². The van der Waals surface area contributed by atoms with E-state index in [4.69, 9.17) is 9.72 Å². The monoisotopic (exact) mass is 483 g/mol.